The van der Waals surface area contributed by atoms with E-state index < -0.39 is 0 Å². The molecule has 5 rings (SSSR count). The molecule has 1 atom stereocenters. The van der Waals surface area contributed by atoms with E-state index in [9.17, 15) is 9.18 Å². The van der Waals surface area contributed by atoms with E-state index in [2.05, 4.69) is 29.4 Å². The summed E-state index contributed by atoms with van der Waals surface area (Å²) in [5.41, 5.74) is 2.83. The second-order valence-electron chi connectivity index (χ2n) is 9.23. The van der Waals surface area contributed by atoms with Crippen molar-refractivity contribution in [3.8, 4) is 0 Å². The lowest BCUT2D eigenvalue weighted by Crippen LogP contribution is -2.49. The lowest BCUT2D eigenvalue weighted by molar-refractivity contribution is -0.107. The molecule has 4 heteroatoms. The van der Waals surface area contributed by atoms with E-state index in [1.807, 2.05) is 42.5 Å². The van der Waals surface area contributed by atoms with Crippen LogP contribution in [0.1, 0.15) is 36.3 Å². The Balaban J connectivity index is 0.000000165. The number of likely N-dealkylation sites (tertiary alicyclic amines) is 1. The third-order valence-corrected chi connectivity index (χ3v) is 7.33. The van der Waals surface area contributed by atoms with Crippen molar-refractivity contribution in [1.29, 1.82) is 0 Å². The molecule has 2 aliphatic rings. The number of hydrogen-bond donors (Lipinski definition) is 1. The molecule has 32 heavy (non-hydrogen) atoms. The molecule has 2 heterocycles. The molecule has 0 bridgehead atoms. The summed E-state index contributed by atoms with van der Waals surface area (Å²) in [6.45, 7) is 4.55. The molecule has 0 aromatic heterocycles. The van der Waals surface area contributed by atoms with Crippen LogP contribution in [0.25, 0.3) is 10.8 Å². The molecule has 1 spiro atoms. The Bertz CT molecular complexity index is 1020. The molecule has 3 nitrogen and oxygen atoms in total. The summed E-state index contributed by atoms with van der Waals surface area (Å²) in [5, 5.41) is 5.90. The van der Waals surface area contributed by atoms with Crippen LogP contribution >= 0.6 is 0 Å². The van der Waals surface area contributed by atoms with Crippen molar-refractivity contribution >= 4 is 17.1 Å². The zero-order valence-electron chi connectivity index (χ0n) is 18.9. The average Bonchev–Trinajstić information content (AvgIpc) is 2.83. The molecule has 1 unspecified atom stereocenters. The predicted octanol–water partition coefficient (Wildman–Crippen LogP) is 5.20. The average molecular weight is 433 g/mol. The Hall–Kier alpha value is -2.56. The van der Waals surface area contributed by atoms with Crippen LogP contribution in [0.5, 0.6) is 0 Å². The number of carbonyl (C=O) groups is 1. The number of halogens is 1. The molecule has 2 fully saturated rings. The molecular weight excluding hydrogens is 399 g/mol. The quantitative estimate of drug-likeness (QED) is 0.578. The van der Waals surface area contributed by atoms with E-state index in [4.69, 9.17) is 0 Å². The van der Waals surface area contributed by atoms with Gasteiger partial charge in [0, 0.05) is 18.9 Å². The normalized spacial score (nSPS) is 20.5. The summed E-state index contributed by atoms with van der Waals surface area (Å²) in [7, 11) is 2.21. The third kappa shape index (κ3) is 5.08. The highest BCUT2D eigenvalue weighted by molar-refractivity contribution is 5.87. The number of nitrogens with zero attached hydrogens (tertiary/aromatic N) is 1. The van der Waals surface area contributed by atoms with Crippen molar-refractivity contribution in [2.75, 3.05) is 33.2 Å². The fourth-order valence-electron chi connectivity index (χ4n) is 5.36. The van der Waals surface area contributed by atoms with E-state index >= 15 is 0 Å². The van der Waals surface area contributed by atoms with Crippen LogP contribution in [0.4, 0.5) is 4.39 Å². The van der Waals surface area contributed by atoms with Gasteiger partial charge in [-0.15, -0.1) is 0 Å². The number of benzene rings is 3. The van der Waals surface area contributed by atoms with Crippen LogP contribution < -0.4 is 5.32 Å². The molecule has 0 aliphatic carbocycles. The van der Waals surface area contributed by atoms with Crippen molar-refractivity contribution in [2.45, 2.75) is 31.6 Å². The van der Waals surface area contributed by atoms with Gasteiger partial charge in [0.25, 0.3) is 0 Å². The fourth-order valence-corrected chi connectivity index (χ4v) is 5.36. The Morgan fingerprint density at radius 3 is 2.47 bits per heavy atom. The highest BCUT2D eigenvalue weighted by Gasteiger charge is 2.42. The summed E-state index contributed by atoms with van der Waals surface area (Å²) in [6.07, 6.45) is 5.24. The summed E-state index contributed by atoms with van der Waals surface area (Å²) < 4.78 is 13.1. The third-order valence-electron chi connectivity index (χ3n) is 7.33. The standard InChI is InChI=1S/C16H23FN2.C12H10O/c1-19-10-7-16(8-11-19)6-9-18-12-15(16)13-2-4-14(17)5-3-13;13-9-8-11-6-3-5-10-4-1-2-7-12(10)11/h2-5,15,18H,6-12H2,1H3;1-7,9H,8H2. The first kappa shape index (κ1) is 22.6. The fraction of sp³-hybridized carbons (Fsp3) is 0.393. The molecule has 0 amide bonds. The maximum absolute atomic E-state index is 13.1. The maximum Gasteiger partial charge on any atom is 0.124 e. The molecule has 0 saturated carbocycles. The minimum absolute atomic E-state index is 0.134. The predicted molar refractivity (Wildman–Crippen MR) is 130 cm³/mol. The monoisotopic (exact) mass is 432 g/mol. The first-order chi connectivity index (χ1) is 15.6. The van der Waals surface area contributed by atoms with Gasteiger partial charge < -0.3 is 15.0 Å². The molecule has 3 aromatic carbocycles. The number of hydrogen-bond acceptors (Lipinski definition) is 3. The maximum atomic E-state index is 13.1. The zero-order chi connectivity index (χ0) is 22.4. The van der Waals surface area contributed by atoms with Crippen molar-refractivity contribution in [3.63, 3.8) is 0 Å². The van der Waals surface area contributed by atoms with Gasteiger partial charge in [-0.05, 0) is 85.4 Å². The number of rotatable bonds is 3. The molecule has 2 aliphatic heterocycles. The van der Waals surface area contributed by atoms with E-state index in [1.54, 1.807) is 12.1 Å². The highest BCUT2D eigenvalue weighted by Crippen LogP contribution is 2.48. The number of nitrogens with one attached hydrogen (secondary N) is 1. The lowest BCUT2D eigenvalue weighted by atomic mass is 9.63. The van der Waals surface area contributed by atoms with Crippen LogP contribution in [-0.2, 0) is 11.2 Å². The summed E-state index contributed by atoms with van der Waals surface area (Å²) in [4.78, 5) is 12.8. The van der Waals surface area contributed by atoms with Gasteiger partial charge in [-0.3, -0.25) is 0 Å². The van der Waals surface area contributed by atoms with Crippen molar-refractivity contribution in [2.24, 2.45) is 5.41 Å². The topological polar surface area (TPSA) is 32.3 Å². The first-order valence-electron chi connectivity index (χ1n) is 11.7. The van der Waals surface area contributed by atoms with Crippen LogP contribution in [0, 0.1) is 11.2 Å². The molecule has 168 valence electrons. The Morgan fingerprint density at radius 2 is 1.72 bits per heavy atom. The molecule has 0 radical (unpaired) electrons. The first-order valence-corrected chi connectivity index (χ1v) is 11.7. The second-order valence-corrected chi connectivity index (χ2v) is 9.23. The second kappa shape index (κ2) is 10.4. The minimum atomic E-state index is -0.134. The number of fused-ring (bicyclic) bond motifs is 1. The van der Waals surface area contributed by atoms with Crippen LogP contribution in [0.3, 0.4) is 0 Å². The number of aldehydes is 1. The van der Waals surface area contributed by atoms with Gasteiger partial charge in [-0.25, -0.2) is 4.39 Å². The van der Waals surface area contributed by atoms with Gasteiger partial charge in [0.2, 0.25) is 0 Å². The van der Waals surface area contributed by atoms with Gasteiger partial charge in [0.05, 0.1) is 0 Å². The van der Waals surface area contributed by atoms with Crippen LogP contribution in [0.15, 0.2) is 66.7 Å². The molecular formula is C28H33FN2O. The van der Waals surface area contributed by atoms with Gasteiger partial charge >= 0.3 is 0 Å². The van der Waals surface area contributed by atoms with Gasteiger partial charge in [0.1, 0.15) is 12.1 Å². The largest absolute Gasteiger partial charge is 0.316 e. The SMILES string of the molecule is CN1CCC2(CCNCC2c2ccc(F)cc2)CC1.O=CCc1cccc2ccccc12. The Labute approximate surface area is 190 Å². The summed E-state index contributed by atoms with van der Waals surface area (Å²) in [5.74, 6) is 0.403. The Morgan fingerprint density at radius 1 is 1.00 bits per heavy atom. The molecule has 2 saturated heterocycles. The van der Waals surface area contributed by atoms with Crippen molar-refractivity contribution < 1.29 is 9.18 Å². The van der Waals surface area contributed by atoms with Crippen LogP contribution in [0.2, 0.25) is 0 Å². The lowest BCUT2D eigenvalue weighted by Gasteiger charge is -2.49. The van der Waals surface area contributed by atoms with Crippen LogP contribution in [-0.4, -0.2) is 44.4 Å². The van der Waals surface area contributed by atoms with E-state index in [-0.39, 0.29) is 5.82 Å². The van der Waals surface area contributed by atoms with Gasteiger partial charge in [-0.2, -0.15) is 0 Å². The Kier molecular flexibility index (Phi) is 7.33. The van der Waals surface area contributed by atoms with E-state index in [0.29, 0.717) is 17.8 Å². The van der Waals surface area contributed by atoms with E-state index in [1.165, 1.54) is 48.7 Å². The highest BCUT2D eigenvalue weighted by atomic mass is 19.1. The number of piperidine rings is 2. The smallest absolute Gasteiger partial charge is 0.124 e. The minimum Gasteiger partial charge on any atom is -0.316 e. The molecule has 3 aromatic rings. The van der Waals surface area contributed by atoms with Crippen molar-refractivity contribution in [1.82, 2.24) is 10.2 Å². The van der Waals surface area contributed by atoms with Gasteiger partial charge in [0.15, 0.2) is 0 Å². The zero-order valence-corrected chi connectivity index (χ0v) is 18.9. The summed E-state index contributed by atoms with van der Waals surface area (Å²) in [6, 6.07) is 21.3. The number of carbonyl (C=O) groups excluding carboxylic acids is 1. The van der Waals surface area contributed by atoms with E-state index in [0.717, 1.165) is 24.9 Å². The summed E-state index contributed by atoms with van der Waals surface area (Å²) >= 11 is 0. The van der Waals surface area contributed by atoms with Gasteiger partial charge in [-0.1, -0.05) is 54.6 Å². The molecule has 1 N–H and O–H groups in total. The van der Waals surface area contributed by atoms with Crippen molar-refractivity contribution in [3.05, 3.63) is 83.7 Å².